The maximum Gasteiger partial charge on any atom is 0.255 e. The number of halogens is 1. The molecule has 0 bridgehead atoms. The molecule has 2 aliphatic rings. The Morgan fingerprint density at radius 1 is 0.969 bits per heavy atom. The van der Waals surface area contributed by atoms with Crippen LogP contribution in [0.1, 0.15) is 65.7 Å². The Kier molecular flexibility index (Phi) is 7.51. The van der Waals surface area contributed by atoms with Crippen molar-refractivity contribution in [2.45, 2.75) is 44.9 Å². The highest BCUT2D eigenvalue weighted by Gasteiger charge is 2.37. The molecule has 2 aromatic carbocycles. The molecule has 2 heterocycles. The van der Waals surface area contributed by atoms with E-state index >= 15 is 0 Å². The third-order valence-electron chi connectivity index (χ3n) is 6.67. The van der Waals surface area contributed by atoms with Gasteiger partial charge in [0.15, 0.2) is 0 Å². The average molecular weight is 499 g/mol. The molecule has 2 aliphatic heterocycles. The number of piperidine rings is 1. The van der Waals surface area contributed by atoms with Gasteiger partial charge in [0.1, 0.15) is 5.75 Å². The van der Waals surface area contributed by atoms with Gasteiger partial charge < -0.3 is 15.0 Å². The fourth-order valence-electron chi connectivity index (χ4n) is 4.90. The highest BCUT2D eigenvalue weighted by molar-refractivity contribution is 9.10. The number of hydrogen-bond donors (Lipinski definition) is 1. The van der Waals surface area contributed by atoms with Crippen molar-refractivity contribution in [1.82, 2.24) is 10.2 Å². The van der Waals surface area contributed by atoms with Crippen LogP contribution in [0.5, 0.6) is 5.75 Å². The van der Waals surface area contributed by atoms with Gasteiger partial charge >= 0.3 is 0 Å². The lowest BCUT2D eigenvalue weighted by molar-refractivity contribution is 0.0470. The van der Waals surface area contributed by atoms with E-state index in [-0.39, 0.29) is 17.2 Å². The average Bonchev–Trinajstić information content (AvgIpc) is 2.83. The number of nitrogens with zero attached hydrogens (tertiary/aromatic N) is 1. The predicted molar refractivity (Wildman–Crippen MR) is 129 cm³/mol. The van der Waals surface area contributed by atoms with Crippen LogP contribution in [0.2, 0.25) is 0 Å². The summed E-state index contributed by atoms with van der Waals surface area (Å²) in [5.41, 5.74) is 1.18. The number of carbonyl (C=O) groups excluding carboxylic acids is 2. The predicted octanol–water partition coefficient (Wildman–Crippen LogP) is 5.44. The Bertz CT molecular complexity index is 964. The SMILES string of the molecule is O=C1NCC2(CCCCCCOc3ccccc31)CCCN(C(=O)c1ccccc1Br)C2. The molecule has 1 atom stereocenters. The van der Waals surface area contributed by atoms with Crippen LogP contribution in [-0.2, 0) is 0 Å². The molecule has 0 saturated carbocycles. The largest absolute Gasteiger partial charge is 0.493 e. The van der Waals surface area contributed by atoms with Gasteiger partial charge in [0.2, 0.25) is 0 Å². The second-order valence-corrected chi connectivity index (χ2v) is 9.86. The van der Waals surface area contributed by atoms with Crippen molar-refractivity contribution < 1.29 is 14.3 Å². The van der Waals surface area contributed by atoms with Crippen LogP contribution in [0.15, 0.2) is 53.0 Å². The third-order valence-corrected chi connectivity index (χ3v) is 7.36. The summed E-state index contributed by atoms with van der Waals surface area (Å²) in [6.45, 7) is 2.63. The smallest absolute Gasteiger partial charge is 0.255 e. The van der Waals surface area contributed by atoms with Gasteiger partial charge in [-0.1, -0.05) is 43.5 Å². The lowest BCUT2D eigenvalue weighted by atomic mass is 9.75. The second kappa shape index (κ2) is 10.5. The van der Waals surface area contributed by atoms with E-state index in [1.165, 1.54) is 0 Å². The molecular weight excluding hydrogens is 468 g/mol. The summed E-state index contributed by atoms with van der Waals surface area (Å²) in [7, 11) is 0. The van der Waals surface area contributed by atoms with Crippen LogP contribution < -0.4 is 10.1 Å². The van der Waals surface area contributed by atoms with Crippen LogP contribution >= 0.6 is 15.9 Å². The first-order valence-corrected chi connectivity index (χ1v) is 12.4. The van der Waals surface area contributed by atoms with Crippen LogP contribution in [0, 0.1) is 5.41 Å². The number of carbonyl (C=O) groups is 2. The van der Waals surface area contributed by atoms with Crippen molar-refractivity contribution in [3.63, 3.8) is 0 Å². The molecule has 32 heavy (non-hydrogen) atoms. The summed E-state index contributed by atoms with van der Waals surface area (Å²) >= 11 is 3.52. The topological polar surface area (TPSA) is 58.6 Å². The number of rotatable bonds is 1. The van der Waals surface area contributed by atoms with Crippen LogP contribution in [0.25, 0.3) is 0 Å². The van der Waals surface area contributed by atoms with Gasteiger partial charge in [0, 0.05) is 29.5 Å². The van der Waals surface area contributed by atoms with E-state index in [4.69, 9.17) is 4.74 Å². The minimum atomic E-state index is -0.103. The minimum Gasteiger partial charge on any atom is -0.493 e. The number of likely N-dealkylation sites (tertiary alicyclic amines) is 1. The van der Waals surface area contributed by atoms with E-state index in [1.807, 2.05) is 53.4 Å². The summed E-state index contributed by atoms with van der Waals surface area (Å²) in [5.74, 6) is 0.602. The zero-order valence-electron chi connectivity index (χ0n) is 18.4. The molecule has 1 spiro atoms. The van der Waals surface area contributed by atoms with E-state index in [2.05, 4.69) is 21.2 Å². The van der Waals surface area contributed by atoms with Crippen LogP contribution in [0.3, 0.4) is 0 Å². The van der Waals surface area contributed by atoms with E-state index in [0.29, 0.717) is 36.6 Å². The van der Waals surface area contributed by atoms with Crippen molar-refractivity contribution in [1.29, 1.82) is 0 Å². The van der Waals surface area contributed by atoms with Crippen molar-refractivity contribution in [3.05, 3.63) is 64.1 Å². The first-order chi connectivity index (χ1) is 15.6. The van der Waals surface area contributed by atoms with Crippen LogP contribution in [-0.4, -0.2) is 43.0 Å². The number of fused-ring (bicyclic) bond motifs is 1. The molecule has 5 nitrogen and oxygen atoms in total. The molecule has 2 amide bonds. The van der Waals surface area contributed by atoms with Gasteiger partial charge in [-0.15, -0.1) is 0 Å². The Hall–Kier alpha value is -2.34. The summed E-state index contributed by atoms with van der Waals surface area (Å²) in [4.78, 5) is 28.3. The van der Waals surface area contributed by atoms with E-state index in [1.54, 1.807) is 0 Å². The van der Waals surface area contributed by atoms with Crippen molar-refractivity contribution in [2.75, 3.05) is 26.2 Å². The minimum absolute atomic E-state index is 0.0598. The fraction of sp³-hybridized carbons (Fsp3) is 0.462. The lowest BCUT2D eigenvalue weighted by Gasteiger charge is -2.43. The van der Waals surface area contributed by atoms with Gasteiger partial charge in [0.05, 0.1) is 17.7 Å². The second-order valence-electron chi connectivity index (χ2n) is 9.00. The number of nitrogens with one attached hydrogen (secondary N) is 1. The molecular formula is C26H31BrN2O3. The first kappa shape index (κ1) is 22.8. The number of hydrogen-bond acceptors (Lipinski definition) is 3. The monoisotopic (exact) mass is 498 g/mol. The van der Waals surface area contributed by atoms with Gasteiger partial charge in [-0.3, -0.25) is 9.59 Å². The molecule has 0 radical (unpaired) electrons. The Morgan fingerprint density at radius 2 is 1.72 bits per heavy atom. The maximum atomic E-state index is 13.3. The number of benzene rings is 2. The summed E-state index contributed by atoms with van der Waals surface area (Å²) < 4.78 is 6.72. The van der Waals surface area contributed by atoms with Crippen molar-refractivity contribution >= 4 is 27.7 Å². The van der Waals surface area contributed by atoms with Crippen molar-refractivity contribution in [3.8, 4) is 5.75 Å². The maximum absolute atomic E-state index is 13.3. The third kappa shape index (κ3) is 5.34. The molecule has 2 aromatic rings. The van der Waals surface area contributed by atoms with E-state index in [9.17, 15) is 9.59 Å². The van der Waals surface area contributed by atoms with Crippen LogP contribution in [0.4, 0.5) is 0 Å². The Morgan fingerprint density at radius 3 is 2.59 bits per heavy atom. The van der Waals surface area contributed by atoms with Gasteiger partial charge in [-0.05, 0) is 65.9 Å². The molecule has 1 unspecified atom stereocenters. The van der Waals surface area contributed by atoms with E-state index in [0.717, 1.165) is 56.0 Å². The quantitative estimate of drug-likeness (QED) is 0.568. The van der Waals surface area contributed by atoms with Gasteiger partial charge in [-0.25, -0.2) is 0 Å². The zero-order chi connectivity index (χ0) is 22.4. The normalized spacial score (nSPS) is 22.5. The van der Waals surface area contributed by atoms with E-state index < -0.39 is 0 Å². The molecule has 4 rings (SSSR count). The summed E-state index contributed by atoms with van der Waals surface area (Å²) in [6, 6.07) is 15.1. The Balaban J connectivity index is 1.54. The molecule has 1 fully saturated rings. The summed E-state index contributed by atoms with van der Waals surface area (Å²) in [6.07, 6.45) is 7.31. The number of ether oxygens (including phenoxy) is 1. The lowest BCUT2D eigenvalue weighted by Crippen LogP contribution is -2.51. The van der Waals surface area contributed by atoms with Gasteiger partial charge in [0.25, 0.3) is 11.8 Å². The molecule has 0 aliphatic carbocycles. The fourth-order valence-corrected chi connectivity index (χ4v) is 5.36. The highest BCUT2D eigenvalue weighted by Crippen LogP contribution is 2.36. The summed E-state index contributed by atoms with van der Waals surface area (Å²) in [5, 5.41) is 3.18. The molecule has 1 N–H and O–H groups in total. The molecule has 0 aromatic heterocycles. The molecule has 1 saturated heterocycles. The highest BCUT2D eigenvalue weighted by atomic mass is 79.9. The molecule has 6 heteroatoms. The number of amides is 2. The Labute approximate surface area is 198 Å². The van der Waals surface area contributed by atoms with Crippen molar-refractivity contribution in [2.24, 2.45) is 5.41 Å². The van der Waals surface area contributed by atoms with Gasteiger partial charge in [-0.2, -0.15) is 0 Å². The standard InChI is InChI=1S/C26H31BrN2O3/c27-22-12-5-3-10-20(22)25(31)29-16-9-15-26(19-29)14-7-1-2-8-17-32-23-13-6-4-11-21(23)24(30)28-18-26/h3-6,10-13H,1-2,7-9,14-19H2,(H,28,30). The zero-order valence-corrected chi connectivity index (χ0v) is 20.0. The first-order valence-electron chi connectivity index (χ1n) is 11.6. The molecule has 170 valence electrons. The number of para-hydroxylation sites is 1.